The van der Waals surface area contributed by atoms with Crippen molar-refractivity contribution >= 4 is 11.9 Å². The van der Waals surface area contributed by atoms with E-state index in [1.807, 2.05) is 0 Å². The van der Waals surface area contributed by atoms with Crippen LogP contribution in [-0.2, 0) is 14.3 Å². The van der Waals surface area contributed by atoms with E-state index in [-0.39, 0.29) is 0 Å². The molecule has 0 bridgehead atoms. The third-order valence-electron chi connectivity index (χ3n) is 3.45. The zero-order valence-electron chi connectivity index (χ0n) is 8.09. The molecule has 0 aromatic carbocycles. The molecular weight excluding hydrogens is 172 g/mol. The Balaban J connectivity index is 2.94. The van der Waals surface area contributed by atoms with Crippen LogP contribution in [0.25, 0.3) is 0 Å². The molecule has 0 heterocycles. The lowest BCUT2D eigenvalue weighted by Gasteiger charge is -2.50. The molecule has 1 aliphatic rings. The average molecular weight is 186 g/mol. The molecular formula is C9H14O4. The fourth-order valence-electron chi connectivity index (χ4n) is 1.77. The van der Waals surface area contributed by atoms with Gasteiger partial charge in [-0.05, 0) is 26.7 Å². The highest BCUT2D eigenvalue weighted by Crippen LogP contribution is 2.57. The van der Waals surface area contributed by atoms with Gasteiger partial charge in [-0.1, -0.05) is 0 Å². The van der Waals surface area contributed by atoms with Gasteiger partial charge in [0.2, 0.25) is 0 Å². The van der Waals surface area contributed by atoms with Crippen molar-refractivity contribution in [2.45, 2.75) is 26.7 Å². The van der Waals surface area contributed by atoms with Crippen molar-refractivity contribution in [1.82, 2.24) is 0 Å². The summed E-state index contributed by atoms with van der Waals surface area (Å²) in [7, 11) is 1.29. The SMILES string of the molecule is COC(=O)[C@]1(C)CC[C@@]1(C)C(=O)O. The van der Waals surface area contributed by atoms with Crippen LogP contribution >= 0.6 is 0 Å². The quantitative estimate of drug-likeness (QED) is 0.655. The molecule has 4 nitrogen and oxygen atoms in total. The summed E-state index contributed by atoms with van der Waals surface area (Å²) in [5.74, 6) is -1.35. The number of carboxylic acid groups (broad SMARTS) is 1. The minimum absolute atomic E-state index is 0.427. The normalized spacial score (nSPS) is 37.8. The number of ether oxygens (including phenoxy) is 1. The third kappa shape index (κ3) is 1.04. The second-order valence-corrected chi connectivity index (χ2v) is 3.96. The third-order valence-corrected chi connectivity index (χ3v) is 3.45. The maximum Gasteiger partial charge on any atom is 0.312 e. The van der Waals surface area contributed by atoms with Gasteiger partial charge in [0.25, 0.3) is 0 Å². The Bertz CT molecular complexity index is 260. The van der Waals surface area contributed by atoms with E-state index >= 15 is 0 Å². The molecule has 2 atom stereocenters. The molecule has 0 spiro atoms. The van der Waals surface area contributed by atoms with Crippen molar-refractivity contribution in [2.24, 2.45) is 10.8 Å². The molecule has 4 heteroatoms. The summed E-state index contributed by atoms with van der Waals surface area (Å²) in [6.45, 7) is 3.24. The molecule has 0 unspecified atom stereocenters. The molecule has 74 valence electrons. The van der Waals surface area contributed by atoms with E-state index < -0.39 is 22.8 Å². The Morgan fingerprint density at radius 3 is 1.92 bits per heavy atom. The number of carbonyl (C=O) groups is 2. The second-order valence-electron chi connectivity index (χ2n) is 3.96. The van der Waals surface area contributed by atoms with Crippen LogP contribution < -0.4 is 0 Å². The van der Waals surface area contributed by atoms with Crippen LogP contribution in [0.3, 0.4) is 0 Å². The van der Waals surface area contributed by atoms with E-state index in [1.54, 1.807) is 13.8 Å². The standard InChI is InChI=1S/C9H14O4/c1-8(6(10)11)4-5-9(8,2)7(12)13-3/h4-5H2,1-3H3,(H,10,11)/t8-,9-/m0/s1. The van der Waals surface area contributed by atoms with Gasteiger partial charge >= 0.3 is 11.9 Å². The van der Waals surface area contributed by atoms with Gasteiger partial charge in [0.15, 0.2) is 0 Å². The van der Waals surface area contributed by atoms with Crippen LogP contribution in [0.15, 0.2) is 0 Å². The van der Waals surface area contributed by atoms with Crippen LogP contribution in [0.1, 0.15) is 26.7 Å². The Morgan fingerprint density at radius 1 is 1.23 bits per heavy atom. The van der Waals surface area contributed by atoms with Gasteiger partial charge in [-0.3, -0.25) is 9.59 Å². The van der Waals surface area contributed by atoms with E-state index in [1.165, 1.54) is 7.11 Å². The predicted octanol–water partition coefficient (Wildman–Crippen LogP) is 1.05. The van der Waals surface area contributed by atoms with Gasteiger partial charge < -0.3 is 9.84 Å². The van der Waals surface area contributed by atoms with Gasteiger partial charge in [-0.25, -0.2) is 0 Å². The Morgan fingerprint density at radius 2 is 1.69 bits per heavy atom. The first kappa shape index (κ1) is 10.0. The van der Waals surface area contributed by atoms with Gasteiger partial charge in [0.05, 0.1) is 17.9 Å². The fourth-order valence-corrected chi connectivity index (χ4v) is 1.77. The highest BCUT2D eigenvalue weighted by molar-refractivity contribution is 5.89. The zero-order chi connectivity index (χ0) is 10.3. The van der Waals surface area contributed by atoms with Crippen LogP contribution in [-0.4, -0.2) is 24.2 Å². The summed E-state index contributed by atoms with van der Waals surface area (Å²) in [4.78, 5) is 22.3. The molecule has 1 N–H and O–H groups in total. The molecule has 1 fully saturated rings. The number of esters is 1. The minimum Gasteiger partial charge on any atom is -0.481 e. The number of methoxy groups -OCH3 is 1. The fraction of sp³-hybridized carbons (Fsp3) is 0.778. The number of carbonyl (C=O) groups excluding carboxylic acids is 1. The first-order chi connectivity index (χ1) is 5.88. The lowest BCUT2D eigenvalue weighted by atomic mass is 9.51. The lowest BCUT2D eigenvalue weighted by Crippen LogP contribution is -2.57. The molecule has 0 aliphatic heterocycles. The molecule has 0 aromatic heterocycles. The largest absolute Gasteiger partial charge is 0.481 e. The van der Waals surface area contributed by atoms with E-state index in [9.17, 15) is 9.59 Å². The highest BCUT2D eigenvalue weighted by Gasteiger charge is 2.63. The molecule has 1 saturated carbocycles. The number of hydrogen-bond donors (Lipinski definition) is 1. The monoisotopic (exact) mass is 186 g/mol. The molecule has 0 aromatic rings. The number of aliphatic carboxylic acids is 1. The lowest BCUT2D eigenvalue weighted by molar-refractivity contribution is -0.189. The number of carboxylic acids is 1. The summed E-state index contributed by atoms with van der Waals surface area (Å²) in [6, 6.07) is 0. The van der Waals surface area contributed by atoms with Crippen molar-refractivity contribution < 1.29 is 19.4 Å². The Hall–Kier alpha value is -1.06. The van der Waals surface area contributed by atoms with Crippen LogP contribution in [0, 0.1) is 10.8 Å². The number of rotatable bonds is 2. The summed E-state index contributed by atoms with van der Waals surface area (Å²) in [6.07, 6.45) is 1.12. The first-order valence-electron chi connectivity index (χ1n) is 4.20. The van der Waals surface area contributed by atoms with Crippen molar-refractivity contribution in [3.63, 3.8) is 0 Å². The van der Waals surface area contributed by atoms with Crippen LogP contribution in [0.5, 0.6) is 0 Å². The summed E-state index contributed by atoms with van der Waals surface area (Å²) in [5, 5.41) is 8.96. The molecule has 0 radical (unpaired) electrons. The van der Waals surface area contributed by atoms with Gasteiger partial charge in [0, 0.05) is 0 Å². The Kier molecular flexibility index (Phi) is 2.10. The number of hydrogen-bond acceptors (Lipinski definition) is 3. The average Bonchev–Trinajstić information content (AvgIpc) is 2.11. The van der Waals surface area contributed by atoms with Gasteiger partial charge in [-0.15, -0.1) is 0 Å². The molecule has 13 heavy (non-hydrogen) atoms. The maximum atomic E-state index is 11.4. The van der Waals surface area contributed by atoms with E-state index in [2.05, 4.69) is 4.74 Å². The van der Waals surface area contributed by atoms with Gasteiger partial charge in [-0.2, -0.15) is 0 Å². The maximum absolute atomic E-state index is 11.4. The van der Waals surface area contributed by atoms with Gasteiger partial charge in [0.1, 0.15) is 0 Å². The van der Waals surface area contributed by atoms with Crippen molar-refractivity contribution in [3.05, 3.63) is 0 Å². The van der Waals surface area contributed by atoms with E-state index in [0.717, 1.165) is 0 Å². The summed E-state index contributed by atoms with van der Waals surface area (Å²) in [5.41, 5.74) is -1.81. The van der Waals surface area contributed by atoms with Crippen molar-refractivity contribution in [1.29, 1.82) is 0 Å². The summed E-state index contributed by atoms with van der Waals surface area (Å²) < 4.78 is 4.60. The highest BCUT2D eigenvalue weighted by atomic mass is 16.5. The van der Waals surface area contributed by atoms with Crippen molar-refractivity contribution in [3.8, 4) is 0 Å². The van der Waals surface area contributed by atoms with E-state index in [0.29, 0.717) is 12.8 Å². The predicted molar refractivity (Wildman–Crippen MR) is 45.1 cm³/mol. The molecule has 0 saturated heterocycles. The smallest absolute Gasteiger partial charge is 0.312 e. The first-order valence-corrected chi connectivity index (χ1v) is 4.20. The topological polar surface area (TPSA) is 63.6 Å². The second kappa shape index (κ2) is 2.72. The summed E-state index contributed by atoms with van der Waals surface area (Å²) >= 11 is 0. The van der Waals surface area contributed by atoms with Crippen molar-refractivity contribution in [2.75, 3.05) is 7.11 Å². The van der Waals surface area contributed by atoms with Crippen LogP contribution in [0.2, 0.25) is 0 Å². The minimum atomic E-state index is -0.958. The molecule has 0 amide bonds. The Labute approximate surface area is 76.9 Å². The molecule has 1 rings (SSSR count). The van der Waals surface area contributed by atoms with Crippen LogP contribution in [0.4, 0.5) is 0 Å². The molecule has 1 aliphatic carbocycles. The van der Waals surface area contributed by atoms with E-state index in [4.69, 9.17) is 5.11 Å². The zero-order valence-corrected chi connectivity index (χ0v) is 8.09.